The van der Waals surface area contributed by atoms with Crippen molar-refractivity contribution in [2.24, 2.45) is 0 Å². The number of pyridine rings is 1. The highest BCUT2D eigenvalue weighted by Gasteiger charge is 2.09. The molecule has 0 saturated heterocycles. The zero-order valence-corrected chi connectivity index (χ0v) is 13.9. The van der Waals surface area contributed by atoms with Crippen LogP contribution in [-0.2, 0) is 6.42 Å². The van der Waals surface area contributed by atoms with E-state index in [9.17, 15) is 0 Å². The van der Waals surface area contributed by atoms with Gasteiger partial charge in [-0.2, -0.15) is 4.98 Å². The second kappa shape index (κ2) is 6.55. The Morgan fingerprint density at radius 2 is 2.22 bits per heavy atom. The number of nitrogens with zero attached hydrogens (tertiary/aromatic N) is 4. The first-order valence-electron chi connectivity index (χ1n) is 7.31. The third kappa shape index (κ3) is 3.16. The minimum Gasteiger partial charge on any atom is -0.339 e. The Bertz CT molecular complexity index is 898. The van der Waals surface area contributed by atoms with Gasteiger partial charge in [-0.05, 0) is 30.0 Å². The molecule has 0 aliphatic rings. The molecule has 23 heavy (non-hydrogen) atoms. The molecule has 5 nitrogen and oxygen atoms in total. The van der Waals surface area contributed by atoms with Gasteiger partial charge in [-0.1, -0.05) is 29.1 Å². The van der Waals surface area contributed by atoms with Gasteiger partial charge in [0.15, 0.2) is 5.16 Å². The van der Waals surface area contributed by atoms with Crippen LogP contribution in [0.1, 0.15) is 12.3 Å². The van der Waals surface area contributed by atoms with Crippen LogP contribution in [0.4, 0.5) is 0 Å². The van der Waals surface area contributed by atoms with Crippen molar-refractivity contribution in [2.75, 3.05) is 5.75 Å². The molecule has 0 radical (unpaired) electrons. The lowest BCUT2D eigenvalue weighted by Crippen LogP contribution is -1.91. The number of hydrogen-bond donors (Lipinski definition) is 0. The van der Waals surface area contributed by atoms with Crippen LogP contribution in [0.5, 0.6) is 0 Å². The molecule has 116 valence electrons. The molecule has 0 fully saturated rings. The summed E-state index contributed by atoms with van der Waals surface area (Å²) in [5.74, 6) is 2.34. The monoisotopic (exact) mass is 342 g/mol. The summed E-state index contributed by atoms with van der Waals surface area (Å²) in [6.07, 6.45) is 5.69. The van der Waals surface area contributed by atoms with Gasteiger partial charge in [0.2, 0.25) is 11.7 Å². The van der Waals surface area contributed by atoms with Gasteiger partial charge in [0, 0.05) is 18.4 Å². The fourth-order valence-electron chi connectivity index (χ4n) is 2.28. The lowest BCUT2D eigenvalue weighted by Gasteiger charge is -1.99. The van der Waals surface area contributed by atoms with Gasteiger partial charge in [-0.15, -0.1) is 11.3 Å². The third-order valence-electron chi connectivity index (χ3n) is 3.38. The maximum absolute atomic E-state index is 5.31. The van der Waals surface area contributed by atoms with E-state index in [0.717, 1.165) is 34.1 Å². The van der Waals surface area contributed by atoms with E-state index in [2.05, 4.69) is 25.6 Å². The second-order valence-corrected chi connectivity index (χ2v) is 6.99. The van der Waals surface area contributed by atoms with Gasteiger partial charge in [0.05, 0.1) is 16.6 Å². The fourth-order valence-corrected chi connectivity index (χ4v) is 3.83. The number of hydrogen-bond acceptors (Lipinski definition) is 6. The van der Waals surface area contributed by atoms with E-state index < -0.39 is 0 Å². The summed E-state index contributed by atoms with van der Waals surface area (Å²) in [7, 11) is 0. The molecule has 4 heterocycles. The third-order valence-corrected chi connectivity index (χ3v) is 5.30. The highest BCUT2D eigenvalue weighted by molar-refractivity contribution is 7.99. The van der Waals surface area contributed by atoms with Crippen LogP contribution in [0.15, 0.2) is 57.8 Å². The summed E-state index contributed by atoms with van der Waals surface area (Å²) in [5.41, 5.74) is 1.12. The molecule has 0 unspecified atom stereocenters. The van der Waals surface area contributed by atoms with E-state index in [1.165, 1.54) is 0 Å². The van der Waals surface area contributed by atoms with Crippen molar-refractivity contribution in [2.45, 2.75) is 18.0 Å². The summed E-state index contributed by atoms with van der Waals surface area (Å²) >= 11 is 3.36. The molecule has 4 aromatic rings. The summed E-state index contributed by atoms with van der Waals surface area (Å²) < 4.78 is 7.41. The number of thiophene rings is 1. The van der Waals surface area contributed by atoms with Gasteiger partial charge in [-0.3, -0.25) is 4.40 Å². The van der Waals surface area contributed by atoms with Crippen LogP contribution in [0.25, 0.3) is 16.2 Å². The molecule has 0 N–H and O–H groups in total. The maximum atomic E-state index is 5.31. The van der Waals surface area contributed by atoms with Crippen LogP contribution in [-0.4, -0.2) is 25.3 Å². The molecule has 0 amide bonds. The highest BCUT2D eigenvalue weighted by atomic mass is 32.2. The average Bonchev–Trinajstić information content (AvgIpc) is 3.31. The highest BCUT2D eigenvalue weighted by Crippen LogP contribution is 2.22. The van der Waals surface area contributed by atoms with Gasteiger partial charge < -0.3 is 4.52 Å². The van der Waals surface area contributed by atoms with Crippen molar-refractivity contribution >= 4 is 28.6 Å². The Hall–Kier alpha value is -2.12. The van der Waals surface area contributed by atoms with Gasteiger partial charge in [-0.25, -0.2) is 4.98 Å². The number of fused-ring (bicyclic) bond motifs is 1. The lowest BCUT2D eigenvalue weighted by molar-refractivity contribution is 0.378. The van der Waals surface area contributed by atoms with Crippen molar-refractivity contribution in [1.82, 2.24) is 19.5 Å². The summed E-state index contributed by atoms with van der Waals surface area (Å²) in [4.78, 5) is 9.93. The number of aryl methyl sites for hydroxylation is 1. The molecule has 4 aromatic heterocycles. The van der Waals surface area contributed by atoms with Crippen molar-refractivity contribution in [3.05, 3.63) is 54.0 Å². The molecule has 0 spiro atoms. The Kier molecular flexibility index (Phi) is 4.12. The van der Waals surface area contributed by atoms with Crippen molar-refractivity contribution < 1.29 is 4.52 Å². The lowest BCUT2D eigenvalue weighted by atomic mass is 10.3. The molecule has 0 atom stereocenters. The molecular formula is C16H14N4OS2. The van der Waals surface area contributed by atoms with Crippen LogP contribution in [0.2, 0.25) is 0 Å². The Balaban J connectivity index is 1.32. The molecular weight excluding hydrogens is 328 g/mol. The predicted molar refractivity (Wildman–Crippen MR) is 91.8 cm³/mol. The summed E-state index contributed by atoms with van der Waals surface area (Å²) in [6, 6.07) is 10.1. The van der Waals surface area contributed by atoms with Gasteiger partial charge in [0.1, 0.15) is 0 Å². The Morgan fingerprint density at radius 3 is 3.13 bits per heavy atom. The van der Waals surface area contributed by atoms with Gasteiger partial charge >= 0.3 is 0 Å². The van der Waals surface area contributed by atoms with E-state index in [-0.39, 0.29) is 0 Å². The van der Waals surface area contributed by atoms with Crippen molar-refractivity contribution in [3.63, 3.8) is 0 Å². The van der Waals surface area contributed by atoms with Crippen LogP contribution < -0.4 is 0 Å². The average molecular weight is 342 g/mol. The SMILES string of the molecule is c1csc(-c2noc(CCCSc3ncc4ccccn34)n2)c1. The second-order valence-electron chi connectivity index (χ2n) is 4.98. The molecule has 0 aliphatic heterocycles. The molecule has 7 heteroatoms. The Labute approximate surface area is 141 Å². The van der Waals surface area contributed by atoms with E-state index >= 15 is 0 Å². The largest absolute Gasteiger partial charge is 0.339 e. The maximum Gasteiger partial charge on any atom is 0.227 e. The normalized spacial score (nSPS) is 11.3. The minimum absolute atomic E-state index is 0.682. The van der Waals surface area contributed by atoms with Crippen molar-refractivity contribution in [3.8, 4) is 10.7 Å². The molecule has 0 aliphatic carbocycles. The van der Waals surface area contributed by atoms with E-state index in [0.29, 0.717) is 11.7 Å². The summed E-state index contributed by atoms with van der Waals surface area (Å²) in [6.45, 7) is 0. The number of imidazole rings is 1. The first-order valence-corrected chi connectivity index (χ1v) is 9.18. The minimum atomic E-state index is 0.682. The van der Waals surface area contributed by atoms with Crippen molar-refractivity contribution in [1.29, 1.82) is 0 Å². The number of aromatic nitrogens is 4. The van der Waals surface area contributed by atoms with Gasteiger partial charge in [0.25, 0.3) is 0 Å². The van der Waals surface area contributed by atoms with Crippen LogP contribution in [0.3, 0.4) is 0 Å². The Morgan fingerprint density at radius 1 is 1.22 bits per heavy atom. The molecule has 0 aromatic carbocycles. The predicted octanol–water partition coefficient (Wildman–Crippen LogP) is 4.17. The number of thioether (sulfide) groups is 1. The molecule has 4 rings (SSSR count). The molecule has 0 bridgehead atoms. The summed E-state index contributed by atoms with van der Waals surface area (Å²) in [5, 5.41) is 7.06. The van der Waals surface area contributed by atoms with E-state index in [1.807, 2.05) is 42.0 Å². The quantitative estimate of drug-likeness (QED) is 0.389. The standard InChI is InChI=1S/C16H14N4OS2/c1-2-8-20-12(5-1)11-17-16(20)23-10-4-7-14-18-15(19-21-14)13-6-3-9-22-13/h1-3,5-6,8-9,11H,4,7,10H2. The zero-order valence-electron chi connectivity index (χ0n) is 12.3. The molecule has 0 saturated carbocycles. The smallest absolute Gasteiger partial charge is 0.227 e. The van der Waals surface area contributed by atoms with Crippen LogP contribution in [0, 0.1) is 0 Å². The fraction of sp³-hybridized carbons (Fsp3) is 0.188. The zero-order chi connectivity index (χ0) is 15.5. The first-order chi connectivity index (χ1) is 11.4. The number of rotatable bonds is 6. The van der Waals surface area contributed by atoms with Crippen LogP contribution >= 0.6 is 23.1 Å². The topological polar surface area (TPSA) is 56.2 Å². The first kappa shape index (κ1) is 14.5. The van der Waals surface area contributed by atoms with E-state index in [4.69, 9.17) is 4.52 Å². The van der Waals surface area contributed by atoms with E-state index in [1.54, 1.807) is 23.1 Å².